The Kier molecular flexibility index (Phi) is 8.33. The highest BCUT2D eigenvalue weighted by Crippen LogP contribution is 2.32. The van der Waals surface area contributed by atoms with E-state index in [0.29, 0.717) is 0 Å². The molecule has 2 rings (SSSR count). The third-order valence-electron chi connectivity index (χ3n) is 5.00. The highest BCUT2D eigenvalue weighted by Gasteiger charge is 2.31. The van der Waals surface area contributed by atoms with Crippen LogP contribution in [0.15, 0.2) is 48.5 Å². The summed E-state index contributed by atoms with van der Waals surface area (Å²) in [4.78, 5) is 13.8. The van der Waals surface area contributed by atoms with Crippen LogP contribution < -0.4 is 14.5 Å². The van der Waals surface area contributed by atoms with Crippen LogP contribution in [0.2, 0.25) is 0 Å². The number of hydrogen-bond acceptors (Lipinski definition) is 6. The predicted octanol–water partition coefficient (Wildman–Crippen LogP) is 3.48. The van der Waals surface area contributed by atoms with Crippen molar-refractivity contribution in [2.24, 2.45) is 0 Å². The van der Waals surface area contributed by atoms with E-state index in [1.54, 1.807) is 17.4 Å². The van der Waals surface area contributed by atoms with Crippen LogP contribution >= 0.6 is 0 Å². The summed E-state index contributed by atoms with van der Waals surface area (Å²) in [5.41, 5.74) is 1.00. The first-order valence-electron chi connectivity index (χ1n) is 9.82. The van der Waals surface area contributed by atoms with Crippen molar-refractivity contribution in [1.82, 2.24) is 10.4 Å². The quantitative estimate of drug-likeness (QED) is 0.413. The monoisotopic (exact) mass is 489 g/mol. The summed E-state index contributed by atoms with van der Waals surface area (Å²) < 4.78 is 69.5. The lowest BCUT2D eigenvalue weighted by molar-refractivity contribution is -0.137. The van der Waals surface area contributed by atoms with Gasteiger partial charge in [0.05, 0.1) is 24.1 Å². The average molecular weight is 490 g/mol. The lowest BCUT2D eigenvalue weighted by Gasteiger charge is -2.33. The Morgan fingerprint density at radius 3 is 1.94 bits per heavy atom. The molecule has 0 heterocycles. The number of sulfonamides is 1. The van der Waals surface area contributed by atoms with Gasteiger partial charge in [0.25, 0.3) is 5.91 Å². The van der Waals surface area contributed by atoms with Crippen molar-refractivity contribution >= 4 is 21.6 Å². The van der Waals surface area contributed by atoms with Gasteiger partial charge in [-0.1, -0.05) is 0 Å². The molecule has 12 heteroatoms. The Bertz CT molecular complexity index is 1040. The fraction of sp³-hybridized carbons (Fsp3) is 0.381. The Balaban J connectivity index is 2.26. The fourth-order valence-electron chi connectivity index (χ4n) is 2.95. The number of rotatable bonds is 9. The van der Waals surface area contributed by atoms with E-state index in [0.717, 1.165) is 22.7 Å². The van der Waals surface area contributed by atoms with Crippen LogP contribution in [0, 0.1) is 0 Å². The second-order valence-electron chi connectivity index (χ2n) is 7.66. The molecule has 33 heavy (non-hydrogen) atoms. The molecule has 0 spiro atoms. The van der Waals surface area contributed by atoms with Gasteiger partial charge in [0.1, 0.15) is 17.5 Å². The first-order chi connectivity index (χ1) is 15.2. The van der Waals surface area contributed by atoms with Gasteiger partial charge >= 0.3 is 6.18 Å². The number of carbonyl (C=O) groups is 1. The number of halogens is 3. The number of ether oxygens (including phenoxy) is 1. The number of hydroxylamine groups is 1. The number of likely N-dealkylation sites (N-methyl/N-ethyl adjacent to an activating group) is 1. The van der Waals surface area contributed by atoms with Crippen LogP contribution in [0.3, 0.4) is 0 Å². The normalized spacial score (nSPS) is 13.2. The summed E-state index contributed by atoms with van der Waals surface area (Å²) in [5.74, 6) is -0.313. The maximum atomic E-state index is 12.7. The summed E-state index contributed by atoms with van der Waals surface area (Å²) in [6.45, 7) is 3.37. The van der Waals surface area contributed by atoms with Crippen molar-refractivity contribution in [3.05, 3.63) is 54.1 Å². The van der Waals surface area contributed by atoms with Crippen molar-refractivity contribution in [3.8, 4) is 11.5 Å². The van der Waals surface area contributed by atoms with Gasteiger partial charge in [0, 0.05) is 6.04 Å². The molecule has 0 aliphatic heterocycles. The van der Waals surface area contributed by atoms with E-state index >= 15 is 0 Å². The van der Waals surface area contributed by atoms with Gasteiger partial charge in [0.2, 0.25) is 10.0 Å². The summed E-state index contributed by atoms with van der Waals surface area (Å²) in [6, 6.07) is 8.86. The zero-order chi connectivity index (χ0) is 25.0. The van der Waals surface area contributed by atoms with Gasteiger partial charge in [-0.15, -0.1) is 0 Å². The standard InChI is InChI=1S/C21H26F3N3O5S/c1-14(2)26(3)19(20(28)25-29)13-27(33(4,30)31)16-7-11-18(12-8-16)32-17-9-5-15(6-10-17)21(22,23)24/h5-12,14,19,29H,13H2,1-4H3,(H,25,28). The predicted molar refractivity (Wildman–Crippen MR) is 117 cm³/mol. The Hall–Kier alpha value is -2.83. The number of anilines is 1. The van der Waals surface area contributed by atoms with Crippen LogP contribution in [-0.2, 0) is 21.0 Å². The van der Waals surface area contributed by atoms with E-state index in [1.165, 1.54) is 36.4 Å². The smallest absolute Gasteiger partial charge is 0.416 e. The number of nitrogens with zero attached hydrogens (tertiary/aromatic N) is 2. The molecule has 1 unspecified atom stereocenters. The summed E-state index contributed by atoms with van der Waals surface area (Å²) >= 11 is 0. The molecule has 0 fully saturated rings. The molecule has 0 aliphatic carbocycles. The Morgan fingerprint density at radius 1 is 1.06 bits per heavy atom. The molecule has 0 radical (unpaired) electrons. The first kappa shape index (κ1) is 26.4. The van der Waals surface area contributed by atoms with Crippen molar-refractivity contribution in [2.75, 3.05) is 24.2 Å². The van der Waals surface area contributed by atoms with Gasteiger partial charge in [0.15, 0.2) is 0 Å². The van der Waals surface area contributed by atoms with Gasteiger partial charge in [-0.25, -0.2) is 13.9 Å². The van der Waals surface area contributed by atoms with Crippen LogP contribution in [0.25, 0.3) is 0 Å². The Labute approximate surface area is 190 Å². The molecule has 1 amide bonds. The first-order valence-corrected chi connectivity index (χ1v) is 11.7. The van der Waals surface area contributed by atoms with Gasteiger partial charge in [-0.2, -0.15) is 13.2 Å². The minimum absolute atomic E-state index is 0.117. The number of nitrogens with one attached hydrogen (secondary N) is 1. The maximum Gasteiger partial charge on any atom is 0.416 e. The third kappa shape index (κ3) is 7.07. The number of hydrogen-bond donors (Lipinski definition) is 2. The lowest BCUT2D eigenvalue weighted by atomic mass is 10.2. The van der Waals surface area contributed by atoms with Gasteiger partial charge < -0.3 is 4.74 Å². The topological polar surface area (TPSA) is 99.2 Å². The maximum absolute atomic E-state index is 12.7. The molecule has 0 bridgehead atoms. The molecular formula is C21H26F3N3O5S. The second kappa shape index (κ2) is 10.4. The van der Waals surface area contributed by atoms with Crippen molar-refractivity contribution in [1.29, 1.82) is 0 Å². The van der Waals surface area contributed by atoms with E-state index in [1.807, 2.05) is 13.8 Å². The minimum Gasteiger partial charge on any atom is -0.457 e. The molecule has 0 aliphatic rings. The van der Waals surface area contributed by atoms with Crippen LogP contribution in [0.4, 0.5) is 18.9 Å². The molecule has 0 saturated carbocycles. The zero-order valence-electron chi connectivity index (χ0n) is 18.5. The van der Waals surface area contributed by atoms with Crippen molar-refractivity contribution < 1.29 is 36.3 Å². The number of benzene rings is 2. The van der Waals surface area contributed by atoms with Crippen LogP contribution in [0.1, 0.15) is 19.4 Å². The zero-order valence-corrected chi connectivity index (χ0v) is 19.3. The van der Waals surface area contributed by atoms with E-state index in [4.69, 9.17) is 9.94 Å². The minimum atomic E-state index is -4.45. The van der Waals surface area contributed by atoms with Gasteiger partial charge in [-0.05, 0) is 69.4 Å². The highest BCUT2D eigenvalue weighted by atomic mass is 32.2. The fourth-order valence-corrected chi connectivity index (χ4v) is 3.87. The van der Waals surface area contributed by atoms with E-state index in [2.05, 4.69) is 0 Å². The number of carbonyl (C=O) groups excluding carboxylic acids is 1. The van der Waals surface area contributed by atoms with Crippen molar-refractivity contribution in [2.45, 2.75) is 32.1 Å². The van der Waals surface area contributed by atoms with Crippen LogP contribution in [0.5, 0.6) is 11.5 Å². The lowest BCUT2D eigenvalue weighted by Crippen LogP contribution is -2.54. The molecule has 2 aromatic rings. The summed E-state index contributed by atoms with van der Waals surface area (Å²) in [5, 5.41) is 9.09. The molecule has 1 atom stereocenters. The number of amides is 1. The Morgan fingerprint density at radius 2 is 1.55 bits per heavy atom. The largest absolute Gasteiger partial charge is 0.457 e. The molecular weight excluding hydrogens is 463 g/mol. The molecule has 8 nitrogen and oxygen atoms in total. The second-order valence-corrected chi connectivity index (χ2v) is 9.57. The van der Waals surface area contributed by atoms with E-state index < -0.39 is 33.7 Å². The number of alkyl halides is 3. The third-order valence-corrected chi connectivity index (χ3v) is 6.16. The van der Waals surface area contributed by atoms with Gasteiger partial charge in [-0.3, -0.25) is 19.2 Å². The van der Waals surface area contributed by atoms with Crippen molar-refractivity contribution in [3.63, 3.8) is 0 Å². The summed E-state index contributed by atoms with van der Waals surface area (Å²) in [6.07, 6.45) is -3.47. The molecule has 2 aromatic carbocycles. The summed E-state index contributed by atoms with van der Waals surface area (Å²) in [7, 11) is -2.18. The molecule has 0 saturated heterocycles. The average Bonchev–Trinajstić information content (AvgIpc) is 2.73. The molecule has 2 N–H and O–H groups in total. The molecule has 182 valence electrons. The van der Waals surface area contributed by atoms with Crippen LogP contribution in [-0.4, -0.2) is 56.4 Å². The van der Waals surface area contributed by atoms with E-state index in [-0.39, 0.29) is 29.8 Å². The van der Waals surface area contributed by atoms with E-state index in [9.17, 15) is 26.4 Å². The molecule has 0 aromatic heterocycles. The SMILES string of the molecule is CC(C)N(C)C(CN(c1ccc(Oc2ccc(C(F)(F)F)cc2)cc1)S(C)(=O)=O)C(=O)NO. The highest BCUT2D eigenvalue weighted by molar-refractivity contribution is 7.92.